The average Bonchev–Trinajstić information content (AvgIpc) is 3.06. The van der Waals surface area contributed by atoms with E-state index in [0.717, 1.165) is 106 Å². The van der Waals surface area contributed by atoms with E-state index in [1.165, 1.54) is 9.80 Å². The molecule has 0 aliphatic rings. The monoisotopic (exact) mass is 982 g/mol. The Labute approximate surface area is 352 Å². The Hall–Kier alpha value is -3.11. The maximum Gasteiger partial charge on any atom is 0.102 e. The molecule has 0 saturated carbocycles. The number of hydrogen-bond acceptors (Lipinski definition) is 6. The fourth-order valence-corrected chi connectivity index (χ4v) is 7.22. The van der Waals surface area contributed by atoms with E-state index in [2.05, 4.69) is 0 Å². The predicted octanol–water partition coefficient (Wildman–Crippen LogP) is 2.61. The van der Waals surface area contributed by atoms with Crippen LogP contribution in [0, 0.1) is 86.5 Å². The summed E-state index contributed by atoms with van der Waals surface area (Å²) in [5.41, 5.74) is 10.6. The third-order valence-corrected chi connectivity index (χ3v) is 9.62. The minimum atomic E-state index is 0. The van der Waals surface area contributed by atoms with Crippen LogP contribution >= 0.6 is 0 Å². The van der Waals surface area contributed by atoms with Crippen molar-refractivity contribution in [3.05, 3.63) is 115 Å². The number of aliphatic hydroxyl groups excluding tert-OH is 2. The number of quaternary nitrogens is 2. The van der Waals surface area contributed by atoms with Gasteiger partial charge in [-0.05, 0) is 103 Å². The summed E-state index contributed by atoms with van der Waals surface area (Å²) in [4.78, 5) is 2.37. The van der Waals surface area contributed by atoms with E-state index in [0.29, 0.717) is 26.2 Å². The molecule has 4 rings (SSSR count). The molecule has 4 aromatic rings. The average molecular weight is 983 g/mol. The SMILES string of the molecule is Cc1cc(C)c([O-])c(C[NH+](CCCCO)Cc2cc(C)cc(C)c2[O-])c1.Cc1cc(C)c([O-])c(C[NH+](CCCCO)Cc2cc(C)cc(C)c2[O-])c1.[O-2].[O-2].[U]. The fraction of sp³-hybridized carbons (Fsp3) is 0.455. The Morgan fingerprint density at radius 1 is 0.400 bits per heavy atom. The normalized spacial score (nSPS) is 10.7. The quantitative estimate of drug-likeness (QED) is 0.125. The van der Waals surface area contributed by atoms with Gasteiger partial charge in [-0.3, -0.25) is 0 Å². The van der Waals surface area contributed by atoms with Gasteiger partial charge in [0.25, 0.3) is 0 Å². The first-order valence-electron chi connectivity index (χ1n) is 18.6. The van der Waals surface area contributed by atoms with Crippen LogP contribution in [-0.4, -0.2) is 36.5 Å². The van der Waals surface area contributed by atoms with Crippen molar-refractivity contribution in [2.45, 2.75) is 107 Å². The van der Waals surface area contributed by atoms with Crippen LogP contribution in [-0.2, 0) is 37.1 Å². The van der Waals surface area contributed by atoms with Crippen LogP contribution in [0.15, 0.2) is 48.5 Å². The largest absolute Gasteiger partial charge is 2.00 e. The van der Waals surface area contributed by atoms with Crippen LogP contribution in [0.3, 0.4) is 0 Å². The molecule has 0 radical (unpaired) electrons. The van der Waals surface area contributed by atoms with Gasteiger partial charge in [-0.15, -0.1) is 0 Å². The molecule has 0 fully saturated rings. The van der Waals surface area contributed by atoms with E-state index in [-0.39, 0.29) is 78.3 Å². The van der Waals surface area contributed by atoms with Gasteiger partial charge in [-0.1, -0.05) is 116 Å². The number of rotatable bonds is 16. The van der Waals surface area contributed by atoms with Crippen molar-refractivity contribution in [2.75, 3.05) is 26.3 Å². The van der Waals surface area contributed by atoms with Crippen LogP contribution in [0.2, 0.25) is 0 Å². The minimum Gasteiger partial charge on any atom is -2.00 e. The summed E-state index contributed by atoms with van der Waals surface area (Å²) < 4.78 is 0. The first-order chi connectivity index (χ1) is 24.6. The summed E-state index contributed by atoms with van der Waals surface area (Å²) in [7, 11) is 0. The van der Waals surface area contributed by atoms with E-state index in [9.17, 15) is 20.4 Å². The molecular formula is C44H60N2O8U-6. The van der Waals surface area contributed by atoms with Gasteiger partial charge in [0.05, 0.1) is 13.1 Å². The van der Waals surface area contributed by atoms with Gasteiger partial charge in [-0.2, -0.15) is 0 Å². The molecule has 0 amide bonds. The molecule has 4 aromatic carbocycles. The number of nitrogens with one attached hydrogen (secondary N) is 2. The second-order valence-electron chi connectivity index (χ2n) is 14.8. The van der Waals surface area contributed by atoms with Gasteiger partial charge in [-0.25, -0.2) is 0 Å². The summed E-state index contributed by atoms with van der Waals surface area (Å²) in [6.45, 7) is 19.8. The van der Waals surface area contributed by atoms with E-state index in [1.54, 1.807) is 0 Å². The molecule has 0 bridgehead atoms. The molecule has 0 heterocycles. The van der Waals surface area contributed by atoms with Gasteiger partial charge in [0, 0.05) is 44.3 Å². The summed E-state index contributed by atoms with van der Waals surface area (Å²) in [5.74, 6) is 0.382. The molecule has 0 unspecified atom stereocenters. The molecule has 11 heteroatoms. The molecule has 4 N–H and O–H groups in total. The van der Waals surface area contributed by atoms with Crippen molar-refractivity contribution in [1.29, 1.82) is 0 Å². The first-order valence-corrected chi connectivity index (χ1v) is 18.6. The molecule has 55 heavy (non-hydrogen) atoms. The van der Waals surface area contributed by atoms with Crippen LogP contribution < -0.4 is 30.2 Å². The number of unbranched alkanes of at least 4 members (excludes halogenated alkanes) is 2. The smallest absolute Gasteiger partial charge is 0.102 e. The predicted molar refractivity (Wildman–Crippen MR) is 202 cm³/mol. The number of aryl methyl sites for hydroxylation is 8. The Balaban J connectivity index is 0.00000101. The number of hydrogen-bond donors (Lipinski definition) is 4. The third kappa shape index (κ3) is 16.1. The molecule has 304 valence electrons. The second kappa shape index (κ2) is 25.2. The van der Waals surface area contributed by atoms with Gasteiger partial charge < -0.3 is 51.4 Å². The van der Waals surface area contributed by atoms with Gasteiger partial charge in [0.2, 0.25) is 0 Å². The zero-order valence-corrected chi connectivity index (χ0v) is 38.1. The molecule has 0 atom stereocenters. The molecular weight excluding hydrogens is 923 g/mol. The second-order valence-corrected chi connectivity index (χ2v) is 14.8. The summed E-state index contributed by atoms with van der Waals surface area (Å²) in [6.07, 6.45) is 3.20. The number of benzene rings is 4. The van der Waals surface area contributed by atoms with Crippen molar-refractivity contribution >= 4 is 0 Å². The van der Waals surface area contributed by atoms with Crippen LogP contribution in [0.5, 0.6) is 23.0 Å². The van der Waals surface area contributed by atoms with Crippen molar-refractivity contribution in [1.82, 2.24) is 0 Å². The zero-order valence-electron chi connectivity index (χ0n) is 33.9. The minimum absolute atomic E-state index is 0. The standard InChI is InChI=1S/2C22H31NO3.2O.U/c2*1-15-9-17(3)21(25)19(11-15)13-23(7-5-6-8-24)14-20-12-16(2)10-18(4)22(20)26;;;/h2*9-12,24-26H,5-8,13-14H2,1-4H3;;;/q;;2*-2;/p-2. The third-order valence-electron chi connectivity index (χ3n) is 9.62. The summed E-state index contributed by atoms with van der Waals surface area (Å²) >= 11 is 0. The Kier molecular flexibility index (Phi) is 23.8. The molecule has 10 nitrogen and oxygen atoms in total. The van der Waals surface area contributed by atoms with Crippen LogP contribution in [0.25, 0.3) is 0 Å². The van der Waals surface area contributed by atoms with Crippen molar-refractivity contribution < 1.29 is 82.5 Å². The van der Waals surface area contributed by atoms with Gasteiger partial charge in [0.1, 0.15) is 26.2 Å². The summed E-state index contributed by atoms with van der Waals surface area (Å²) in [6, 6.07) is 15.5. The van der Waals surface area contributed by atoms with E-state index < -0.39 is 0 Å². The number of aliphatic hydroxyl groups is 2. The van der Waals surface area contributed by atoms with Gasteiger partial charge in [0.15, 0.2) is 0 Å². The topological polar surface area (TPSA) is 199 Å². The van der Waals surface area contributed by atoms with Crippen molar-refractivity contribution in [3.8, 4) is 23.0 Å². The molecule has 0 aromatic heterocycles. The molecule has 0 aliphatic carbocycles. The Morgan fingerprint density at radius 2 is 0.618 bits per heavy atom. The van der Waals surface area contributed by atoms with E-state index >= 15 is 0 Å². The molecule has 0 saturated heterocycles. The fourth-order valence-electron chi connectivity index (χ4n) is 7.22. The molecule has 0 spiro atoms. The molecule has 0 aliphatic heterocycles. The van der Waals surface area contributed by atoms with Crippen LogP contribution in [0.1, 0.15) is 92.4 Å². The van der Waals surface area contributed by atoms with Crippen molar-refractivity contribution in [2.24, 2.45) is 0 Å². The zero-order chi connectivity index (χ0) is 38.5. The van der Waals surface area contributed by atoms with E-state index in [4.69, 9.17) is 10.2 Å². The Morgan fingerprint density at radius 3 is 0.818 bits per heavy atom. The summed E-state index contributed by atoms with van der Waals surface area (Å²) in [5, 5.41) is 68.2. The maximum atomic E-state index is 12.5. The first kappa shape index (κ1) is 51.9. The maximum absolute atomic E-state index is 12.5. The Bertz CT molecular complexity index is 1530. The van der Waals surface area contributed by atoms with Crippen LogP contribution in [0.4, 0.5) is 0 Å². The van der Waals surface area contributed by atoms with E-state index in [1.807, 2.05) is 104 Å². The van der Waals surface area contributed by atoms with Crippen molar-refractivity contribution in [3.63, 3.8) is 0 Å². The van der Waals surface area contributed by atoms with Gasteiger partial charge >= 0.3 is 0 Å².